The molecule has 0 N–H and O–H groups in total. The van der Waals surface area contributed by atoms with Gasteiger partial charge in [-0.25, -0.2) is 0 Å². The number of hydrogen-bond acceptors (Lipinski definition) is 2. The third-order valence-corrected chi connectivity index (χ3v) is 4.46. The third kappa shape index (κ3) is 2.43. The summed E-state index contributed by atoms with van der Waals surface area (Å²) in [5.41, 5.74) is 0.601. The summed E-state index contributed by atoms with van der Waals surface area (Å²) in [5, 5.41) is 0. The topological polar surface area (TPSA) is 6.48 Å². The third-order valence-electron chi connectivity index (χ3n) is 4.46. The van der Waals surface area contributed by atoms with Crippen molar-refractivity contribution in [3.8, 4) is 0 Å². The van der Waals surface area contributed by atoms with Gasteiger partial charge < -0.3 is 4.90 Å². The van der Waals surface area contributed by atoms with Gasteiger partial charge in [-0.1, -0.05) is 27.7 Å². The molecule has 0 aromatic heterocycles. The number of nitrogens with zero attached hydrogens (tertiary/aromatic N) is 2. The molecule has 2 heteroatoms. The Hall–Kier alpha value is -0.0800. The largest absolute Gasteiger partial charge is 0.301 e. The van der Waals surface area contributed by atoms with Gasteiger partial charge in [-0.2, -0.15) is 0 Å². The smallest absolute Gasteiger partial charge is 0.0234 e. The Kier molecular flexibility index (Phi) is 3.60. The van der Waals surface area contributed by atoms with Crippen LogP contribution in [-0.2, 0) is 0 Å². The molecule has 1 saturated carbocycles. The van der Waals surface area contributed by atoms with Gasteiger partial charge in [-0.05, 0) is 24.7 Å². The van der Waals surface area contributed by atoms with E-state index in [2.05, 4.69) is 37.5 Å². The van der Waals surface area contributed by atoms with Crippen molar-refractivity contribution >= 4 is 0 Å². The lowest BCUT2D eigenvalue weighted by atomic mass is 9.99. The molecule has 0 atom stereocenters. The fourth-order valence-electron chi connectivity index (χ4n) is 3.28. The van der Waals surface area contributed by atoms with Crippen LogP contribution in [0.25, 0.3) is 0 Å². The summed E-state index contributed by atoms with van der Waals surface area (Å²) in [6.45, 7) is 15.9. The quantitative estimate of drug-likeness (QED) is 0.724. The second-order valence-corrected chi connectivity index (χ2v) is 6.44. The summed E-state index contributed by atoms with van der Waals surface area (Å²) in [5.74, 6) is 1.65. The second-order valence-electron chi connectivity index (χ2n) is 6.44. The van der Waals surface area contributed by atoms with E-state index in [4.69, 9.17) is 0 Å². The minimum Gasteiger partial charge on any atom is -0.301 e. The fraction of sp³-hybridized carbons (Fsp3) is 1.00. The van der Waals surface area contributed by atoms with E-state index in [1.807, 2.05) is 0 Å². The molecule has 1 aliphatic carbocycles. The van der Waals surface area contributed by atoms with Crippen molar-refractivity contribution in [1.29, 1.82) is 0 Å². The Labute approximate surface area is 101 Å². The van der Waals surface area contributed by atoms with Gasteiger partial charge in [0, 0.05) is 38.3 Å². The van der Waals surface area contributed by atoms with E-state index < -0.39 is 0 Å². The van der Waals surface area contributed by atoms with Crippen molar-refractivity contribution in [2.24, 2.45) is 11.8 Å². The summed E-state index contributed by atoms with van der Waals surface area (Å²) >= 11 is 0. The molecule has 2 nitrogen and oxygen atoms in total. The molecular weight excluding hydrogens is 196 g/mol. The van der Waals surface area contributed by atoms with Crippen LogP contribution in [0.4, 0.5) is 0 Å². The molecule has 0 radical (unpaired) electrons. The lowest BCUT2D eigenvalue weighted by molar-refractivity contribution is 0.0580. The summed E-state index contributed by atoms with van der Waals surface area (Å²) in [7, 11) is 0. The maximum absolute atomic E-state index is 2.77. The average molecular weight is 224 g/mol. The molecule has 16 heavy (non-hydrogen) atoms. The summed E-state index contributed by atoms with van der Waals surface area (Å²) < 4.78 is 0. The normalized spacial score (nSPS) is 26.6. The number of rotatable bonds is 4. The van der Waals surface area contributed by atoms with Gasteiger partial charge in [-0.15, -0.1) is 0 Å². The van der Waals surface area contributed by atoms with Crippen molar-refractivity contribution in [2.75, 3.05) is 32.7 Å². The first kappa shape index (κ1) is 12.4. The van der Waals surface area contributed by atoms with Gasteiger partial charge >= 0.3 is 0 Å². The van der Waals surface area contributed by atoms with E-state index in [1.165, 1.54) is 45.6 Å². The highest BCUT2D eigenvalue weighted by molar-refractivity contribution is 5.06. The van der Waals surface area contributed by atoms with Crippen LogP contribution in [0.15, 0.2) is 0 Å². The van der Waals surface area contributed by atoms with E-state index in [0.717, 1.165) is 11.8 Å². The molecule has 0 aromatic carbocycles. The van der Waals surface area contributed by atoms with Crippen LogP contribution in [0.5, 0.6) is 0 Å². The van der Waals surface area contributed by atoms with Crippen LogP contribution < -0.4 is 0 Å². The van der Waals surface area contributed by atoms with E-state index in [9.17, 15) is 0 Å². The van der Waals surface area contributed by atoms with Crippen LogP contribution >= 0.6 is 0 Å². The predicted octanol–water partition coefficient (Wildman–Crippen LogP) is 2.45. The highest BCUT2D eigenvalue weighted by atomic mass is 15.3. The van der Waals surface area contributed by atoms with Gasteiger partial charge in [0.25, 0.3) is 0 Å². The van der Waals surface area contributed by atoms with Crippen LogP contribution in [-0.4, -0.2) is 48.1 Å². The van der Waals surface area contributed by atoms with Crippen molar-refractivity contribution < 1.29 is 0 Å². The first-order valence-corrected chi connectivity index (χ1v) is 7.02. The Balaban J connectivity index is 1.81. The molecule has 1 saturated heterocycles. The number of hydrogen-bond donors (Lipinski definition) is 0. The van der Waals surface area contributed by atoms with Crippen LogP contribution in [0.3, 0.4) is 0 Å². The van der Waals surface area contributed by atoms with E-state index >= 15 is 0 Å². The van der Waals surface area contributed by atoms with Crippen molar-refractivity contribution in [1.82, 2.24) is 9.80 Å². The lowest BCUT2D eigenvalue weighted by Crippen LogP contribution is -2.53. The first-order chi connectivity index (χ1) is 7.54. The molecule has 0 spiro atoms. The maximum Gasteiger partial charge on any atom is 0.0234 e. The fourth-order valence-corrected chi connectivity index (χ4v) is 3.28. The Morgan fingerprint density at radius 3 is 1.88 bits per heavy atom. The SMILES string of the molecule is CC(C)CN1CCN(C2(C(C)C)CC2)CC1. The molecule has 1 aliphatic heterocycles. The summed E-state index contributed by atoms with van der Waals surface area (Å²) in [6, 6.07) is 0. The monoisotopic (exact) mass is 224 g/mol. The van der Waals surface area contributed by atoms with Gasteiger partial charge in [0.1, 0.15) is 0 Å². The Morgan fingerprint density at radius 2 is 1.50 bits per heavy atom. The summed E-state index contributed by atoms with van der Waals surface area (Å²) in [4.78, 5) is 5.41. The average Bonchev–Trinajstić information content (AvgIpc) is 2.98. The van der Waals surface area contributed by atoms with Gasteiger partial charge in [0.05, 0.1) is 0 Å². The molecule has 2 fully saturated rings. The molecule has 2 aliphatic rings. The highest BCUT2D eigenvalue weighted by Gasteiger charge is 2.50. The highest BCUT2D eigenvalue weighted by Crippen LogP contribution is 2.47. The second kappa shape index (κ2) is 4.66. The Bertz CT molecular complexity index is 223. The molecular formula is C14H28N2. The first-order valence-electron chi connectivity index (χ1n) is 7.02. The standard InChI is InChI=1S/C14H28N2/c1-12(2)11-15-7-9-16(10-8-15)14(5-6-14)13(3)4/h12-13H,5-11H2,1-4H3. The van der Waals surface area contributed by atoms with Gasteiger partial charge in [0.15, 0.2) is 0 Å². The minimum absolute atomic E-state index is 0.601. The molecule has 0 aromatic rings. The van der Waals surface area contributed by atoms with Crippen LogP contribution in [0.1, 0.15) is 40.5 Å². The Morgan fingerprint density at radius 1 is 0.938 bits per heavy atom. The molecule has 0 amide bonds. The van der Waals surface area contributed by atoms with E-state index in [0.29, 0.717) is 5.54 Å². The van der Waals surface area contributed by atoms with Crippen molar-refractivity contribution in [3.63, 3.8) is 0 Å². The summed E-state index contributed by atoms with van der Waals surface area (Å²) in [6.07, 6.45) is 2.88. The van der Waals surface area contributed by atoms with Crippen molar-refractivity contribution in [2.45, 2.75) is 46.1 Å². The lowest BCUT2D eigenvalue weighted by Gasteiger charge is -2.42. The molecule has 2 rings (SSSR count). The molecule has 0 bridgehead atoms. The molecule has 0 unspecified atom stereocenters. The van der Waals surface area contributed by atoms with Crippen LogP contribution in [0.2, 0.25) is 0 Å². The molecule has 1 heterocycles. The van der Waals surface area contributed by atoms with Gasteiger partial charge in [-0.3, -0.25) is 4.90 Å². The zero-order chi connectivity index (χ0) is 11.8. The zero-order valence-corrected chi connectivity index (χ0v) is 11.5. The maximum atomic E-state index is 2.77. The van der Waals surface area contributed by atoms with E-state index in [-0.39, 0.29) is 0 Å². The zero-order valence-electron chi connectivity index (χ0n) is 11.5. The minimum atomic E-state index is 0.601. The van der Waals surface area contributed by atoms with Crippen molar-refractivity contribution in [3.05, 3.63) is 0 Å². The predicted molar refractivity (Wildman–Crippen MR) is 69.7 cm³/mol. The van der Waals surface area contributed by atoms with Gasteiger partial charge in [0.2, 0.25) is 0 Å². The van der Waals surface area contributed by atoms with E-state index in [1.54, 1.807) is 0 Å². The number of piperazine rings is 1. The molecule has 94 valence electrons. The van der Waals surface area contributed by atoms with Crippen LogP contribution in [0, 0.1) is 11.8 Å².